The van der Waals surface area contributed by atoms with Crippen molar-refractivity contribution in [2.24, 2.45) is 0 Å². The Balaban J connectivity index is 1.65. The van der Waals surface area contributed by atoms with Gasteiger partial charge in [-0.15, -0.1) is 5.10 Å². The van der Waals surface area contributed by atoms with Gasteiger partial charge in [0.05, 0.1) is 11.6 Å². The van der Waals surface area contributed by atoms with Crippen LogP contribution in [0.1, 0.15) is 44.1 Å². The molecule has 0 saturated heterocycles. The summed E-state index contributed by atoms with van der Waals surface area (Å²) in [5, 5.41) is 21.6. The van der Waals surface area contributed by atoms with Gasteiger partial charge in [-0.1, -0.05) is 12.1 Å². The Labute approximate surface area is 117 Å². The molecule has 6 heteroatoms. The van der Waals surface area contributed by atoms with Crippen LogP contribution in [-0.4, -0.2) is 25.3 Å². The molecule has 2 aromatic rings. The van der Waals surface area contributed by atoms with Gasteiger partial charge in [0.25, 0.3) is 0 Å². The van der Waals surface area contributed by atoms with Crippen LogP contribution in [0.25, 0.3) is 0 Å². The van der Waals surface area contributed by atoms with Crippen molar-refractivity contribution >= 4 is 0 Å². The van der Waals surface area contributed by atoms with Crippen molar-refractivity contribution in [3.8, 4) is 5.75 Å². The fourth-order valence-electron chi connectivity index (χ4n) is 2.02. The zero-order valence-electron chi connectivity index (χ0n) is 11.7. The molecule has 6 nitrogen and oxygen atoms in total. The van der Waals surface area contributed by atoms with E-state index in [0.717, 1.165) is 30.0 Å². The zero-order chi connectivity index (χ0) is 14.2. The summed E-state index contributed by atoms with van der Waals surface area (Å²) in [7, 11) is 0. The van der Waals surface area contributed by atoms with E-state index in [1.54, 1.807) is 13.8 Å². The van der Waals surface area contributed by atoms with Crippen molar-refractivity contribution in [1.82, 2.24) is 20.2 Å². The molecule has 1 aliphatic rings. The number of benzene rings is 1. The number of ether oxygens (including phenoxy) is 1. The monoisotopic (exact) mass is 274 g/mol. The summed E-state index contributed by atoms with van der Waals surface area (Å²) in [6.07, 6.45) is 2.27. The number of tetrazole rings is 1. The Kier molecular flexibility index (Phi) is 3.17. The molecule has 0 atom stereocenters. The number of hydrogen-bond donors (Lipinski definition) is 1. The molecular formula is C14H18N4O2. The summed E-state index contributed by atoms with van der Waals surface area (Å²) in [5.41, 5.74) is 0.0156. The lowest BCUT2D eigenvalue weighted by Gasteiger charge is -2.17. The summed E-state index contributed by atoms with van der Waals surface area (Å²) in [6.45, 7) is 3.87. The minimum Gasteiger partial charge on any atom is -0.486 e. The van der Waals surface area contributed by atoms with Crippen LogP contribution in [0.2, 0.25) is 0 Å². The molecule has 0 bridgehead atoms. The summed E-state index contributed by atoms with van der Waals surface area (Å²) in [4.78, 5) is 0. The average Bonchev–Trinajstić information content (AvgIpc) is 3.15. The third-order valence-electron chi connectivity index (χ3n) is 3.38. The molecule has 1 aromatic carbocycles. The molecule has 20 heavy (non-hydrogen) atoms. The largest absolute Gasteiger partial charge is 0.486 e. The topological polar surface area (TPSA) is 73.1 Å². The Morgan fingerprint density at radius 1 is 1.30 bits per heavy atom. The van der Waals surface area contributed by atoms with Gasteiger partial charge in [-0.3, -0.25) is 0 Å². The molecule has 0 radical (unpaired) electrons. The molecular weight excluding hydrogens is 256 g/mol. The maximum Gasteiger partial charge on any atom is 0.189 e. The average molecular weight is 274 g/mol. The SMILES string of the molecule is CC(C)(O)c1ccc(OCc2nnnn2C2CC2)cc1. The van der Waals surface area contributed by atoms with Crippen molar-refractivity contribution in [3.63, 3.8) is 0 Å². The number of nitrogens with zero attached hydrogens (tertiary/aromatic N) is 4. The molecule has 1 fully saturated rings. The van der Waals surface area contributed by atoms with Gasteiger partial charge >= 0.3 is 0 Å². The number of aliphatic hydroxyl groups is 1. The van der Waals surface area contributed by atoms with Crippen LogP contribution in [0.3, 0.4) is 0 Å². The van der Waals surface area contributed by atoms with E-state index < -0.39 is 5.60 Å². The number of aromatic nitrogens is 4. The van der Waals surface area contributed by atoms with E-state index in [9.17, 15) is 5.11 Å². The molecule has 1 N–H and O–H groups in total. The van der Waals surface area contributed by atoms with Gasteiger partial charge in [-0.2, -0.15) is 0 Å². The second-order valence-electron chi connectivity index (χ2n) is 5.64. The summed E-state index contributed by atoms with van der Waals surface area (Å²) >= 11 is 0. The second-order valence-corrected chi connectivity index (χ2v) is 5.64. The first kappa shape index (κ1) is 13.1. The molecule has 0 aliphatic heterocycles. The maximum atomic E-state index is 9.89. The predicted octanol–water partition coefficient (Wildman–Crippen LogP) is 1.81. The fraction of sp³-hybridized carbons (Fsp3) is 0.500. The quantitative estimate of drug-likeness (QED) is 0.900. The molecule has 106 valence electrons. The predicted molar refractivity (Wildman–Crippen MR) is 72.1 cm³/mol. The van der Waals surface area contributed by atoms with Crippen LogP contribution in [0.4, 0.5) is 0 Å². The van der Waals surface area contributed by atoms with Crippen molar-refractivity contribution < 1.29 is 9.84 Å². The van der Waals surface area contributed by atoms with E-state index in [1.807, 2.05) is 28.9 Å². The lowest BCUT2D eigenvalue weighted by Crippen LogP contribution is -2.15. The summed E-state index contributed by atoms with van der Waals surface area (Å²) in [6, 6.07) is 7.86. The molecule has 1 heterocycles. The van der Waals surface area contributed by atoms with E-state index in [-0.39, 0.29) is 0 Å². The molecule has 1 aromatic heterocycles. The van der Waals surface area contributed by atoms with Gasteiger partial charge in [0, 0.05) is 0 Å². The van der Waals surface area contributed by atoms with E-state index >= 15 is 0 Å². The second kappa shape index (κ2) is 4.86. The highest BCUT2D eigenvalue weighted by atomic mass is 16.5. The maximum absolute atomic E-state index is 9.89. The molecule has 3 rings (SSSR count). The van der Waals surface area contributed by atoms with Crippen molar-refractivity contribution in [2.45, 2.75) is 44.9 Å². The minimum absolute atomic E-state index is 0.353. The lowest BCUT2D eigenvalue weighted by atomic mass is 9.99. The first-order valence-electron chi connectivity index (χ1n) is 6.76. The zero-order valence-corrected chi connectivity index (χ0v) is 11.7. The van der Waals surface area contributed by atoms with Crippen LogP contribution >= 0.6 is 0 Å². The highest BCUT2D eigenvalue weighted by Crippen LogP contribution is 2.34. The third-order valence-corrected chi connectivity index (χ3v) is 3.38. The van der Waals surface area contributed by atoms with E-state index in [1.165, 1.54) is 0 Å². The standard InChI is InChI=1S/C14H18N4O2/c1-14(2,19)10-3-7-12(8-4-10)20-9-13-15-16-17-18(13)11-5-6-11/h3-4,7-8,11,19H,5-6,9H2,1-2H3. The highest BCUT2D eigenvalue weighted by molar-refractivity contribution is 5.30. The Bertz CT molecular complexity index is 582. The van der Waals surface area contributed by atoms with Gasteiger partial charge in [0.1, 0.15) is 12.4 Å². The van der Waals surface area contributed by atoms with Crippen LogP contribution in [0.15, 0.2) is 24.3 Å². The fourth-order valence-corrected chi connectivity index (χ4v) is 2.02. The number of hydrogen-bond acceptors (Lipinski definition) is 5. The third kappa shape index (κ3) is 2.80. The van der Waals surface area contributed by atoms with Crippen LogP contribution < -0.4 is 4.74 Å². The summed E-state index contributed by atoms with van der Waals surface area (Å²) < 4.78 is 7.53. The molecule has 1 aliphatic carbocycles. The van der Waals surface area contributed by atoms with E-state index in [4.69, 9.17) is 4.74 Å². The van der Waals surface area contributed by atoms with Crippen molar-refractivity contribution in [1.29, 1.82) is 0 Å². The van der Waals surface area contributed by atoms with Gasteiger partial charge in [-0.25, -0.2) is 4.68 Å². The van der Waals surface area contributed by atoms with Crippen LogP contribution in [0.5, 0.6) is 5.75 Å². The van der Waals surface area contributed by atoms with Crippen molar-refractivity contribution in [3.05, 3.63) is 35.7 Å². The molecule has 0 spiro atoms. The first-order valence-corrected chi connectivity index (χ1v) is 6.76. The van der Waals surface area contributed by atoms with Crippen molar-refractivity contribution in [2.75, 3.05) is 0 Å². The Morgan fingerprint density at radius 2 is 2.00 bits per heavy atom. The Morgan fingerprint density at radius 3 is 2.60 bits per heavy atom. The molecule has 1 saturated carbocycles. The molecule has 0 unspecified atom stereocenters. The van der Waals surface area contributed by atoms with Gasteiger partial charge < -0.3 is 9.84 Å². The summed E-state index contributed by atoms with van der Waals surface area (Å²) in [5.74, 6) is 1.49. The normalized spacial score (nSPS) is 15.3. The lowest BCUT2D eigenvalue weighted by molar-refractivity contribution is 0.0785. The number of rotatable bonds is 5. The van der Waals surface area contributed by atoms with Gasteiger partial charge in [0.2, 0.25) is 0 Å². The minimum atomic E-state index is -0.839. The first-order chi connectivity index (χ1) is 9.54. The Hall–Kier alpha value is -1.95. The van der Waals surface area contributed by atoms with E-state index in [2.05, 4.69) is 15.5 Å². The van der Waals surface area contributed by atoms with Crippen LogP contribution in [-0.2, 0) is 12.2 Å². The van der Waals surface area contributed by atoms with E-state index in [0.29, 0.717) is 12.6 Å². The smallest absolute Gasteiger partial charge is 0.189 e. The molecule has 0 amide bonds. The highest BCUT2D eigenvalue weighted by Gasteiger charge is 2.27. The van der Waals surface area contributed by atoms with Crippen LogP contribution in [0, 0.1) is 0 Å². The van der Waals surface area contributed by atoms with Gasteiger partial charge in [0.15, 0.2) is 5.82 Å². The van der Waals surface area contributed by atoms with Gasteiger partial charge in [-0.05, 0) is 54.8 Å².